The van der Waals surface area contributed by atoms with E-state index in [0.717, 1.165) is 22.5 Å². The van der Waals surface area contributed by atoms with Gasteiger partial charge in [-0.25, -0.2) is 4.98 Å². The molecule has 0 spiro atoms. The summed E-state index contributed by atoms with van der Waals surface area (Å²) in [5, 5.41) is 19.2. The second-order valence-corrected chi connectivity index (χ2v) is 6.90. The van der Waals surface area contributed by atoms with Gasteiger partial charge in [0, 0.05) is 12.7 Å². The van der Waals surface area contributed by atoms with E-state index in [2.05, 4.69) is 4.98 Å². The number of aliphatic hydroxyl groups is 1. The number of ether oxygens (including phenoxy) is 1. The fourth-order valence-electron chi connectivity index (χ4n) is 3.38. The first kappa shape index (κ1) is 17.1. The van der Waals surface area contributed by atoms with Crippen LogP contribution in [0.1, 0.15) is 19.7 Å². The number of hydrogen-bond acceptors (Lipinski definition) is 4. The summed E-state index contributed by atoms with van der Waals surface area (Å²) in [5.74, 6) is 1.78. The molecule has 3 aromatic rings. The molecule has 0 fully saturated rings. The molecule has 2 heterocycles. The van der Waals surface area contributed by atoms with Crippen LogP contribution in [0.25, 0.3) is 16.6 Å². The number of amidine groups is 1. The minimum absolute atomic E-state index is 0.107. The maximum atomic E-state index is 10.6. The Morgan fingerprint density at radius 3 is 2.48 bits per heavy atom. The van der Waals surface area contributed by atoms with Gasteiger partial charge >= 0.3 is 0 Å². The minimum Gasteiger partial charge on any atom is -0.509 e. The van der Waals surface area contributed by atoms with E-state index >= 15 is 0 Å². The Morgan fingerprint density at radius 2 is 1.81 bits per heavy atom. The van der Waals surface area contributed by atoms with Crippen LogP contribution in [0.2, 0.25) is 0 Å². The van der Waals surface area contributed by atoms with Crippen LogP contribution < -0.4 is 9.64 Å². The van der Waals surface area contributed by atoms with Crippen molar-refractivity contribution >= 4 is 28.1 Å². The highest BCUT2D eigenvalue weighted by atomic mass is 16.5. The van der Waals surface area contributed by atoms with E-state index in [1.165, 1.54) is 0 Å². The molecule has 1 aromatic heterocycles. The largest absolute Gasteiger partial charge is 0.509 e. The molecule has 2 N–H and O–H groups in total. The zero-order valence-corrected chi connectivity index (χ0v) is 15.6. The Hall–Kier alpha value is -3.28. The zero-order chi connectivity index (χ0) is 19.1. The average Bonchev–Trinajstić information content (AvgIpc) is 3.12. The molecule has 138 valence electrons. The molecule has 6 heteroatoms. The molecule has 1 aliphatic heterocycles. The lowest BCUT2D eigenvalue weighted by atomic mass is 10.2. The van der Waals surface area contributed by atoms with Crippen molar-refractivity contribution in [2.75, 3.05) is 11.4 Å². The van der Waals surface area contributed by atoms with E-state index < -0.39 is 0 Å². The normalized spacial score (nSPS) is 14.7. The zero-order valence-electron chi connectivity index (χ0n) is 15.6. The number of para-hydroxylation sites is 2. The summed E-state index contributed by atoms with van der Waals surface area (Å²) in [7, 11) is 1.90. The third-order valence-corrected chi connectivity index (χ3v) is 4.63. The lowest BCUT2D eigenvalue weighted by Gasteiger charge is -2.19. The highest BCUT2D eigenvalue weighted by molar-refractivity contribution is 6.30. The van der Waals surface area contributed by atoms with Crippen molar-refractivity contribution in [3.8, 4) is 5.75 Å². The Bertz CT molecular complexity index is 1050. The molecule has 0 radical (unpaired) electrons. The summed E-state index contributed by atoms with van der Waals surface area (Å²) in [4.78, 5) is 6.39. The molecule has 1 aliphatic rings. The summed E-state index contributed by atoms with van der Waals surface area (Å²) in [5.41, 5.74) is 3.11. The van der Waals surface area contributed by atoms with Crippen molar-refractivity contribution in [3.63, 3.8) is 0 Å². The van der Waals surface area contributed by atoms with Crippen LogP contribution in [0.15, 0.2) is 54.3 Å². The van der Waals surface area contributed by atoms with Crippen molar-refractivity contribution in [3.05, 3.63) is 60.1 Å². The van der Waals surface area contributed by atoms with Crippen LogP contribution in [0.3, 0.4) is 0 Å². The monoisotopic (exact) mass is 362 g/mol. The van der Waals surface area contributed by atoms with Gasteiger partial charge in [-0.1, -0.05) is 12.1 Å². The Labute approximate surface area is 157 Å². The standard InChI is InChI=1S/C21H22N4O2/c1-13(2)27-15-10-8-14(9-11-15)25-12-18(26)19(20(25)22)21-23-16-6-4-5-7-17(16)24(21)3/h4-11,13,22,26H,12H2,1-3H3. The van der Waals surface area contributed by atoms with Gasteiger partial charge in [-0.05, 0) is 50.2 Å². The predicted octanol–water partition coefficient (Wildman–Crippen LogP) is 4.13. The van der Waals surface area contributed by atoms with Gasteiger partial charge in [0.1, 0.15) is 23.2 Å². The van der Waals surface area contributed by atoms with Gasteiger partial charge in [0.2, 0.25) is 0 Å². The van der Waals surface area contributed by atoms with Crippen LogP contribution >= 0.6 is 0 Å². The van der Waals surface area contributed by atoms with Gasteiger partial charge in [0.15, 0.2) is 0 Å². The number of nitrogens with zero attached hydrogens (tertiary/aromatic N) is 3. The summed E-state index contributed by atoms with van der Waals surface area (Å²) in [6, 6.07) is 15.4. The van der Waals surface area contributed by atoms with Crippen molar-refractivity contribution < 1.29 is 9.84 Å². The summed E-state index contributed by atoms with van der Waals surface area (Å²) in [6.45, 7) is 4.21. The van der Waals surface area contributed by atoms with Crippen LogP contribution in [0.5, 0.6) is 5.75 Å². The van der Waals surface area contributed by atoms with E-state index in [1.54, 1.807) is 4.90 Å². The van der Waals surface area contributed by atoms with Gasteiger partial charge in [0.25, 0.3) is 0 Å². The smallest absolute Gasteiger partial charge is 0.148 e. The Morgan fingerprint density at radius 1 is 1.11 bits per heavy atom. The van der Waals surface area contributed by atoms with Crippen LogP contribution in [0.4, 0.5) is 5.69 Å². The number of rotatable bonds is 4. The number of nitrogens with one attached hydrogen (secondary N) is 1. The molecule has 4 rings (SSSR count). The Kier molecular flexibility index (Phi) is 4.11. The number of aromatic nitrogens is 2. The molecule has 2 aromatic carbocycles. The lowest BCUT2D eigenvalue weighted by Crippen LogP contribution is -2.26. The second-order valence-electron chi connectivity index (χ2n) is 6.90. The van der Waals surface area contributed by atoms with Gasteiger partial charge in [0.05, 0.1) is 29.3 Å². The van der Waals surface area contributed by atoms with Crippen molar-refractivity contribution in [1.29, 1.82) is 5.41 Å². The molecule has 0 atom stereocenters. The highest BCUT2D eigenvalue weighted by Gasteiger charge is 2.32. The van der Waals surface area contributed by atoms with Gasteiger partial charge in [-0.2, -0.15) is 0 Å². The molecular formula is C21H22N4O2. The maximum absolute atomic E-state index is 10.6. The first-order valence-electron chi connectivity index (χ1n) is 8.93. The first-order chi connectivity index (χ1) is 13.0. The first-order valence-corrected chi connectivity index (χ1v) is 8.93. The molecule has 0 saturated carbocycles. The van der Waals surface area contributed by atoms with E-state index in [-0.39, 0.29) is 24.2 Å². The van der Waals surface area contributed by atoms with Crippen molar-refractivity contribution in [2.45, 2.75) is 20.0 Å². The van der Waals surface area contributed by atoms with E-state index in [1.807, 2.05) is 74.0 Å². The summed E-state index contributed by atoms with van der Waals surface area (Å²) < 4.78 is 7.59. The van der Waals surface area contributed by atoms with Crippen molar-refractivity contribution in [1.82, 2.24) is 9.55 Å². The van der Waals surface area contributed by atoms with Crippen LogP contribution in [0, 0.1) is 5.41 Å². The quantitative estimate of drug-likeness (QED) is 0.732. The molecular weight excluding hydrogens is 340 g/mol. The average molecular weight is 362 g/mol. The van der Waals surface area contributed by atoms with Gasteiger partial charge in [-0.15, -0.1) is 0 Å². The summed E-state index contributed by atoms with van der Waals surface area (Å²) >= 11 is 0. The highest BCUT2D eigenvalue weighted by Crippen LogP contribution is 2.32. The number of anilines is 1. The van der Waals surface area contributed by atoms with E-state index in [4.69, 9.17) is 10.1 Å². The summed E-state index contributed by atoms with van der Waals surface area (Å²) in [6.07, 6.45) is 0.107. The number of hydrogen-bond donors (Lipinski definition) is 2. The lowest BCUT2D eigenvalue weighted by molar-refractivity contribution is 0.242. The molecule has 6 nitrogen and oxygen atoms in total. The minimum atomic E-state index is 0.107. The van der Waals surface area contributed by atoms with Gasteiger partial charge < -0.3 is 19.3 Å². The molecule has 0 unspecified atom stereocenters. The second kappa shape index (κ2) is 6.46. The Balaban J connectivity index is 1.66. The third-order valence-electron chi connectivity index (χ3n) is 4.63. The number of aliphatic hydroxyl groups excluding tert-OH is 1. The number of aryl methyl sites for hydroxylation is 1. The number of benzene rings is 2. The van der Waals surface area contributed by atoms with E-state index in [0.29, 0.717) is 11.4 Å². The fraction of sp³-hybridized carbons (Fsp3) is 0.238. The SMILES string of the molecule is CC(C)Oc1ccc(N2CC(O)=C(c3nc4ccccc4n3C)C2=N)cc1. The number of fused-ring (bicyclic) bond motifs is 1. The molecule has 0 saturated heterocycles. The maximum Gasteiger partial charge on any atom is 0.148 e. The molecule has 0 amide bonds. The van der Waals surface area contributed by atoms with Crippen LogP contribution in [-0.2, 0) is 7.05 Å². The van der Waals surface area contributed by atoms with Gasteiger partial charge in [-0.3, -0.25) is 5.41 Å². The van der Waals surface area contributed by atoms with Crippen LogP contribution in [-0.4, -0.2) is 33.1 Å². The van der Waals surface area contributed by atoms with E-state index in [9.17, 15) is 5.11 Å². The van der Waals surface area contributed by atoms with Crippen molar-refractivity contribution in [2.24, 2.45) is 7.05 Å². The molecule has 0 bridgehead atoms. The third kappa shape index (κ3) is 2.93. The number of imidazole rings is 1. The fourth-order valence-corrected chi connectivity index (χ4v) is 3.38. The molecule has 27 heavy (non-hydrogen) atoms. The predicted molar refractivity (Wildman–Crippen MR) is 108 cm³/mol. The molecule has 0 aliphatic carbocycles. The topological polar surface area (TPSA) is 74.4 Å².